The van der Waals surface area contributed by atoms with Crippen molar-refractivity contribution in [3.05, 3.63) is 35.9 Å². The predicted molar refractivity (Wildman–Crippen MR) is 68.4 cm³/mol. The van der Waals surface area contributed by atoms with Gasteiger partial charge in [0.25, 0.3) is 0 Å². The molecule has 1 atom stereocenters. The van der Waals surface area contributed by atoms with E-state index in [1.54, 1.807) is 0 Å². The molecule has 0 N–H and O–H groups in total. The number of methoxy groups -OCH3 is 1. The molecule has 1 amide bonds. The first kappa shape index (κ1) is 13.4. The SMILES string of the molecule is COC(=O)[C@H]1CCCN1C(=O)OCc1ccccc1. The fourth-order valence-electron chi connectivity index (χ4n) is 2.17. The molecule has 1 aromatic carbocycles. The first-order valence-corrected chi connectivity index (χ1v) is 6.27. The van der Waals surface area contributed by atoms with Crippen LogP contribution in [0.3, 0.4) is 0 Å². The van der Waals surface area contributed by atoms with Crippen molar-refractivity contribution in [3.8, 4) is 0 Å². The quantitative estimate of drug-likeness (QED) is 0.782. The Bertz CT molecular complexity index is 446. The molecule has 19 heavy (non-hydrogen) atoms. The molecular weight excluding hydrogens is 246 g/mol. The lowest BCUT2D eigenvalue weighted by atomic mass is 10.2. The van der Waals surface area contributed by atoms with Gasteiger partial charge in [0.2, 0.25) is 0 Å². The summed E-state index contributed by atoms with van der Waals surface area (Å²) in [6.45, 7) is 0.747. The Morgan fingerprint density at radius 2 is 2.05 bits per heavy atom. The highest BCUT2D eigenvalue weighted by atomic mass is 16.6. The zero-order chi connectivity index (χ0) is 13.7. The van der Waals surface area contributed by atoms with Gasteiger partial charge in [0, 0.05) is 6.54 Å². The third-order valence-corrected chi connectivity index (χ3v) is 3.17. The van der Waals surface area contributed by atoms with Crippen LogP contribution in [-0.2, 0) is 20.9 Å². The van der Waals surface area contributed by atoms with Gasteiger partial charge in [-0.3, -0.25) is 4.90 Å². The molecule has 0 saturated carbocycles. The summed E-state index contributed by atoms with van der Waals surface area (Å²) in [4.78, 5) is 24.9. The minimum Gasteiger partial charge on any atom is -0.467 e. The fourth-order valence-corrected chi connectivity index (χ4v) is 2.17. The van der Waals surface area contributed by atoms with Crippen molar-refractivity contribution in [1.82, 2.24) is 4.90 Å². The summed E-state index contributed by atoms with van der Waals surface area (Å²) in [6.07, 6.45) is 0.963. The van der Waals surface area contributed by atoms with E-state index in [4.69, 9.17) is 4.74 Å². The van der Waals surface area contributed by atoms with Crippen LogP contribution in [0.15, 0.2) is 30.3 Å². The van der Waals surface area contributed by atoms with E-state index in [-0.39, 0.29) is 12.6 Å². The average molecular weight is 263 g/mol. The van der Waals surface area contributed by atoms with E-state index in [1.807, 2.05) is 30.3 Å². The second-order valence-corrected chi connectivity index (χ2v) is 4.41. The lowest BCUT2D eigenvalue weighted by Gasteiger charge is -2.21. The average Bonchev–Trinajstić information content (AvgIpc) is 2.94. The third-order valence-electron chi connectivity index (χ3n) is 3.17. The van der Waals surface area contributed by atoms with E-state index in [0.29, 0.717) is 13.0 Å². The maximum atomic E-state index is 11.9. The highest BCUT2D eigenvalue weighted by Crippen LogP contribution is 2.19. The number of benzene rings is 1. The normalized spacial score (nSPS) is 18.2. The molecule has 2 rings (SSSR count). The Morgan fingerprint density at radius 3 is 2.74 bits per heavy atom. The number of amides is 1. The van der Waals surface area contributed by atoms with Gasteiger partial charge < -0.3 is 9.47 Å². The number of rotatable bonds is 3. The summed E-state index contributed by atoms with van der Waals surface area (Å²) in [5.41, 5.74) is 0.921. The topological polar surface area (TPSA) is 55.8 Å². The van der Waals surface area contributed by atoms with E-state index in [2.05, 4.69) is 4.74 Å². The number of ether oxygens (including phenoxy) is 2. The zero-order valence-corrected chi connectivity index (χ0v) is 10.9. The van der Waals surface area contributed by atoms with Crippen molar-refractivity contribution in [2.75, 3.05) is 13.7 Å². The Morgan fingerprint density at radius 1 is 1.32 bits per heavy atom. The van der Waals surface area contributed by atoms with Crippen LogP contribution in [0.25, 0.3) is 0 Å². The van der Waals surface area contributed by atoms with Crippen LogP contribution in [0.4, 0.5) is 4.79 Å². The van der Waals surface area contributed by atoms with Crippen molar-refractivity contribution >= 4 is 12.1 Å². The Balaban J connectivity index is 1.90. The molecule has 0 bridgehead atoms. The molecule has 1 aliphatic rings. The van der Waals surface area contributed by atoms with Crippen molar-refractivity contribution < 1.29 is 19.1 Å². The Hall–Kier alpha value is -2.04. The third kappa shape index (κ3) is 3.24. The van der Waals surface area contributed by atoms with Gasteiger partial charge in [0.1, 0.15) is 12.6 Å². The molecule has 1 aliphatic heterocycles. The van der Waals surface area contributed by atoms with Crippen LogP contribution in [0.2, 0.25) is 0 Å². The number of likely N-dealkylation sites (tertiary alicyclic amines) is 1. The summed E-state index contributed by atoms with van der Waals surface area (Å²) in [5.74, 6) is -0.380. The van der Waals surface area contributed by atoms with Gasteiger partial charge in [0.15, 0.2) is 0 Å². The lowest BCUT2D eigenvalue weighted by Crippen LogP contribution is -2.41. The maximum Gasteiger partial charge on any atom is 0.410 e. The van der Waals surface area contributed by atoms with E-state index in [0.717, 1.165) is 12.0 Å². The van der Waals surface area contributed by atoms with Gasteiger partial charge in [-0.25, -0.2) is 9.59 Å². The molecule has 102 valence electrons. The number of hydrogen-bond acceptors (Lipinski definition) is 4. The minimum atomic E-state index is -0.506. The van der Waals surface area contributed by atoms with Gasteiger partial charge in [-0.05, 0) is 18.4 Å². The lowest BCUT2D eigenvalue weighted by molar-refractivity contribution is -0.145. The number of hydrogen-bond donors (Lipinski definition) is 0. The van der Waals surface area contributed by atoms with Crippen LogP contribution in [-0.4, -0.2) is 36.7 Å². The minimum absolute atomic E-state index is 0.212. The van der Waals surface area contributed by atoms with Gasteiger partial charge in [-0.2, -0.15) is 0 Å². The van der Waals surface area contributed by atoms with Crippen LogP contribution in [0.5, 0.6) is 0 Å². The molecular formula is C14H17NO4. The molecule has 5 heteroatoms. The van der Waals surface area contributed by atoms with E-state index < -0.39 is 12.1 Å². The molecule has 1 fully saturated rings. The Labute approximate surface area is 112 Å². The second kappa shape index (κ2) is 6.22. The number of esters is 1. The summed E-state index contributed by atoms with van der Waals surface area (Å²) in [7, 11) is 1.33. The summed E-state index contributed by atoms with van der Waals surface area (Å²) in [5, 5.41) is 0. The number of carbonyl (C=O) groups excluding carboxylic acids is 2. The van der Waals surface area contributed by atoms with E-state index in [9.17, 15) is 9.59 Å². The van der Waals surface area contributed by atoms with Crippen molar-refractivity contribution in [2.24, 2.45) is 0 Å². The number of carbonyl (C=O) groups is 2. The first-order valence-electron chi connectivity index (χ1n) is 6.27. The fraction of sp³-hybridized carbons (Fsp3) is 0.429. The van der Waals surface area contributed by atoms with E-state index >= 15 is 0 Å². The molecule has 0 radical (unpaired) electrons. The largest absolute Gasteiger partial charge is 0.467 e. The van der Waals surface area contributed by atoms with Crippen LogP contribution >= 0.6 is 0 Å². The molecule has 1 aromatic rings. The smallest absolute Gasteiger partial charge is 0.410 e. The summed E-state index contributed by atoms with van der Waals surface area (Å²) >= 11 is 0. The molecule has 1 saturated heterocycles. The molecule has 0 spiro atoms. The Kier molecular flexibility index (Phi) is 4.39. The van der Waals surface area contributed by atoms with Crippen LogP contribution in [0.1, 0.15) is 18.4 Å². The van der Waals surface area contributed by atoms with Gasteiger partial charge >= 0.3 is 12.1 Å². The van der Waals surface area contributed by atoms with Crippen LogP contribution < -0.4 is 0 Å². The van der Waals surface area contributed by atoms with Crippen molar-refractivity contribution in [3.63, 3.8) is 0 Å². The molecule has 0 unspecified atom stereocenters. The second-order valence-electron chi connectivity index (χ2n) is 4.41. The van der Waals surface area contributed by atoms with E-state index in [1.165, 1.54) is 12.0 Å². The monoisotopic (exact) mass is 263 g/mol. The van der Waals surface area contributed by atoms with Crippen molar-refractivity contribution in [2.45, 2.75) is 25.5 Å². The molecule has 0 aliphatic carbocycles. The summed E-state index contributed by atoms with van der Waals surface area (Å²) in [6, 6.07) is 8.93. The highest BCUT2D eigenvalue weighted by Gasteiger charge is 2.35. The zero-order valence-electron chi connectivity index (χ0n) is 10.9. The summed E-state index contributed by atoms with van der Waals surface area (Å²) < 4.78 is 9.91. The predicted octanol–water partition coefficient (Wildman–Crippen LogP) is 1.96. The molecule has 0 aromatic heterocycles. The van der Waals surface area contributed by atoms with Crippen molar-refractivity contribution in [1.29, 1.82) is 0 Å². The standard InChI is InChI=1S/C14H17NO4/c1-18-13(16)12-8-5-9-15(12)14(17)19-10-11-6-3-2-4-7-11/h2-4,6-7,12H,5,8-10H2,1H3/t12-/m1/s1. The highest BCUT2D eigenvalue weighted by molar-refractivity contribution is 5.82. The maximum absolute atomic E-state index is 11.9. The first-order chi connectivity index (χ1) is 9.22. The molecule has 5 nitrogen and oxygen atoms in total. The van der Waals surface area contributed by atoms with Gasteiger partial charge in [-0.15, -0.1) is 0 Å². The molecule has 1 heterocycles. The van der Waals surface area contributed by atoms with Gasteiger partial charge in [-0.1, -0.05) is 30.3 Å². The van der Waals surface area contributed by atoms with Crippen LogP contribution in [0, 0.1) is 0 Å². The number of nitrogens with zero attached hydrogens (tertiary/aromatic N) is 1. The van der Waals surface area contributed by atoms with Gasteiger partial charge in [0.05, 0.1) is 7.11 Å².